The van der Waals surface area contributed by atoms with Crippen molar-refractivity contribution in [1.82, 2.24) is 15.2 Å². The monoisotopic (exact) mass is 509 g/mol. The second kappa shape index (κ2) is 8.37. The molecular formula is C27H28ClN3O3S. The minimum atomic E-state index is -0.207. The molecule has 35 heavy (non-hydrogen) atoms. The SMILES string of the molecule is Cc1cc(Cl)cc(-c2ccnc3cc(CN4C(=O)C5C[C@H]5C4=O)sc23)c1C[C@@H]1CNCC(C)(C)O1. The summed E-state index contributed by atoms with van der Waals surface area (Å²) in [6.45, 7) is 8.28. The number of carbonyl (C=O) groups is 2. The van der Waals surface area contributed by atoms with E-state index in [1.807, 2.05) is 30.5 Å². The van der Waals surface area contributed by atoms with Crippen molar-refractivity contribution in [3.8, 4) is 11.1 Å². The molecule has 0 bridgehead atoms. The van der Waals surface area contributed by atoms with E-state index >= 15 is 0 Å². The minimum absolute atomic E-state index is 0.0255. The standard InChI is InChI=1S/C27H28ClN3O3S/c1-14-6-15(28)7-20(19(14)8-16-11-29-13-27(2,3)34-16)18-4-5-30-23-9-17(35-24(18)23)12-31-25(32)21-10-22(21)26(31)33/h4-7,9,16,21-22,29H,8,10-13H2,1-3H3/t16-,21-,22?/m1/s1. The predicted molar refractivity (Wildman–Crippen MR) is 137 cm³/mol. The summed E-state index contributed by atoms with van der Waals surface area (Å²) in [6.07, 6.45) is 3.38. The fourth-order valence-electron chi connectivity index (χ4n) is 5.53. The van der Waals surface area contributed by atoms with Crippen molar-refractivity contribution < 1.29 is 14.3 Å². The van der Waals surface area contributed by atoms with Gasteiger partial charge in [-0.3, -0.25) is 19.5 Å². The smallest absolute Gasteiger partial charge is 0.233 e. The third-order valence-corrected chi connectivity index (χ3v) is 8.66. The van der Waals surface area contributed by atoms with E-state index in [0.717, 1.165) is 57.7 Å². The number of piperidine rings is 1. The number of imide groups is 1. The van der Waals surface area contributed by atoms with Crippen LogP contribution in [0.25, 0.3) is 21.3 Å². The second-order valence-corrected chi connectivity index (χ2v) is 12.2. The third-order valence-electron chi connectivity index (χ3n) is 7.30. The lowest BCUT2D eigenvalue weighted by molar-refractivity contribution is -0.141. The first-order valence-corrected chi connectivity index (χ1v) is 13.3. The van der Waals surface area contributed by atoms with Crippen LogP contribution in [0.15, 0.2) is 30.5 Å². The van der Waals surface area contributed by atoms with Gasteiger partial charge in [-0.1, -0.05) is 11.6 Å². The Morgan fingerprint density at radius 3 is 2.71 bits per heavy atom. The van der Waals surface area contributed by atoms with Gasteiger partial charge in [-0.15, -0.1) is 11.3 Å². The summed E-state index contributed by atoms with van der Waals surface area (Å²) in [4.78, 5) is 31.9. The number of nitrogens with one attached hydrogen (secondary N) is 1. The summed E-state index contributed by atoms with van der Waals surface area (Å²) >= 11 is 8.14. The average Bonchev–Trinajstić information content (AvgIpc) is 3.43. The van der Waals surface area contributed by atoms with Gasteiger partial charge in [-0.2, -0.15) is 0 Å². The van der Waals surface area contributed by atoms with Crippen molar-refractivity contribution in [2.24, 2.45) is 11.8 Å². The van der Waals surface area contributed by atoms with Crippen molar-refractivity contribution in [3.05, 3.63) is 51.5 Å². The lowest BCUT2D eigenvalue weighted by Crippen LogP contribution is -2.51. The fraction of sp³-hybridized carbons (Fsp3) is 0.444. The summed E-state index contributed by atoms with van der Waals surface area (Å²) in [5.41, 5.74) is 5.15. The number of ether oxygens (including phenoxy) is 1. The van der Waals surface area contributed by atoms with E-state index in [1.165, 1.54) is 10.5 Å². The molecule has 6 nitrogen and oxygen atoms in total. The van der Waals surface area contributed by atoms with E-state index in [4.69, 9.17) is 16.3 Å². The largest absolute Gasteiger partial charge is 0.369 e. The molecule has 3 atom stereocenters. The number of morpholine rings is 1. The minimum Gasteiger partial charge on any atom is -0.369 e. The molecule has 1 N–H and O–H groups in total. The van der Waals surface area contributed by atoms with Crippen LogP contribution in [0.1, 0.15) is 36.3 Å². The van der Waals surface area contributed by atoms with Crippen LogP contribution in [-0.4, -0.2) is 46.5 Å². The zero-order chi connectivity index (χ0) is 24.5. The molecule has 2 aliphatic heterocycles. The van der Waals surface area contributed by atoms with Gasteiger partial charge >= 0.3 is 0 Å². The van der Waals surface area contributed by atoms with Crippen molar-refractivity contribution in [2.75, 3.05) is 13.1 Å². The van der Waals surface area contributed by atoms with E-state index in [0.29, 0.717) is 11.6 Å². The average molecular weight is 510 g/mol. The zero-order valence-electron chi connectivity index (χ0n) is 20.1. The van der Waals surface area contributed by atoms with Crippen LogP contribution in [0, 0.1) is 18.8 Å². The van der Waals surface area contributed by atoms with Gasteiger partial charge in [-0.25, -0.2) is 0 Å². The number of amides is 2. The van der Waals surface area contributed by atoms with Crippen molar-refractivity contribution in [2.45, 2.75) is 51.9 Å². The molecule has 8 heteroatoms. The van der Waals surface area contributed by atoms with Crippen molar-refractivity contribution in [1.29, 1.82) is 0 Å². The molecular weight excluding hydrogens is 482 g/mol. The second-order valence-electron chi connectivity index (χ2n) is 10.6. The molecule has 3 aliphatic rings. The Morgan fingerprint density at radius 2 is 1.97 bits per heavy atom. The van der Waals surface area contributed by atoms with E-state index in [2.05, 4.69) is 31.1 Å². The number of benzene rings is 1. The maximum absolute atomic E-state index is 12.5. The number of likely N-dealkylation sites (tertiary alicyclic amines) is 1. The van der Waals surface area contributed by atoms with Gasteiger partial charge in [0.15, 0.2) is 0 Å². The van der Waals surface area contributed by atoms with Gasteiger partial charge < -0.3 is 10.1 Å². The third kappa shape index (κ3) is 4.18. The quantitative estimate of drug-likeness (QED) is 0.503. The number of aryl methyl sites for hydroxylation is 1. The lowest BCUT2D eigenvalue weighted by atomic mass is 9.91. The summed E-state index contributed by atoms with van der Waals surface area (Å²) < 4.78 is 7.42. The van der Waals surface area contributed by atoms with Crippen LogP contribution in [0.5, 0.6) is 0 Å². The number of pyridine rings is 1. The number of halogens is 1. The lowest BCUT2D eigenvalue weighted by Gasteiger charge is -2.37. The molecule has 0 spiro atoms. The number of hydrogen-bond donors (Lipinski definition) is 1. The van der Waals surface area contributed by atoms with Gasteiger partial charge in [0, 0.05) is 41.2 Å². The molecule has 2 amide bonds. The van der Waals surface area contributed by atoms with Crippen LogP contribution in [0.4, 0.5) is 0 Å². The van der Waals surface area contributed by atoms with Gasteiger partial charge in [0.05, 0.1) is 40.3 Å². The molecule has 1 saturated carbocycles. The van der Waals surface area contributed by atoms with Gasteiger partial charge in [-0.05, 0) is 68.1 Å². The highest BCUT2D eigenvalue weighted by Crippen LogP contribution is 2.48. The Kier molecular flexibility index (Phi) is 5.53. The zero-order valence-corrected chi connectivity index (χ0v) is 21.6. The first kappa shape index (κ1) is 23.1. The van der Waals surface area contributed by atoms with Crippen LogP contribution < -0.4 is 5.32 Å². The Labute approximate surface area is 213 Å². The molecule has 3 aromatic rings. The summed E-state index contributed by atoms with van der Waals surface area (Å²) in [5, 5.41) is 4.19. The number of carbonyl (C=O) groups excluding carboxylic acids is 2. The molecule has 182 valence electrons. The molecule has 1 unspecified atom stereocenters. The number of nitrogens with zero attached hydrogens (tertiary/aromatic N) is 2. The highest BCUT2D eigenvalue weighted by molar-refractivity contribution is 7.19. The number of rotatable bonds is 5. The molecule has 0 radical (unpaired) electrons. The fourth-order valence-corrected chi connectivity index (χ4v) is 6.94. The Hall–Kier alpha value is -2.32. The van der Waals surface area contributed by atoms with Gasteiger partial charge in [0.1, 0.15) is 0 Å². The first-order valence-electron chi connectivity index (χ1n) is 12.1. The molecule has 3 fully saturated rings. The normalized spacial score (nSPS) is 25.4. The molecule has 4 heterocycles. The maximum atomic E-state index is 12.5. The van der Waals surface area contributed by atoms with E-state index in [9.17, 15) is 9.59 Å². The van der Waals surface area contributed by atoms with Crippen LogP contribution >= 0.6 is 22.9 Å². The number of fused-ring (bicyclic) bond motifs is 2. The maximum Gasteiger partial charge on any atom is 0.233 e. The molecule has 1 aromatic carbocycles. The molecule has 2 saturated heterocycles. The highest BCUT2D eigenvalue weighted by Gasteiger charge is 2.58. The topological polar surface area (TPSA) is 71.5 Å². The van der Waals surface area contributed by atoms with Crippen LogP contribution in [0.2, 0.25) is 5.02 Å². The van der Waals surface area contributed by atoms with Gasteiger partial charge in [0.25, 0.3) is 0 Å². The molecule has 6 rings (SSSR count). The van der Waals surface area contributed by atoms with Crippen molar-refractivity contribution >= 4 is 45.0 Å². The number of hydrogen-bond acceptors (Lipinski definition) is 6. The van der Waals surface area contributed by atoms with E-state index < -0.39 is 0 Å². The summed E-state index contributed by atoms with van der Waals surface area (Å²) in [5.74, 6) is -0.210. The van der Waals surface area contributed by atoms with Crippen LogP contribution in [0.3, 0.4) is 0 Å². The van der Waals surface area contributed by atoms with E-state index in [-0.39, 0.29) is 35.4 Å². The van der Waals surface area contributed by atoms with E-state index in [1.54, 1.807) is 11.3 Å². The predicted octanol–water partition coefficient (Wildman–Crippen LogP) is 4.74. The number of thiophene rings is 1. The van der Waals surface area contributed by atoms with Crippen molar-refractivity contribution in [3.63, 3.8) is 0 Å². The first-order chi connectivity index (χ1) is 16.7. The summed E-state index contributed by atoms with van der Waals surface area (Å²) in [6, 6.07) is 8.07. The Balaban J connectivity index is 1.37. The summed E-state index contributed by atoms with van der Waals surface area (Å²) in [7, 11) is 0. The van der Waals surface area contributed by atoms with Crippen LogP contribution in [-0.2, 0) is 27.3 Å². The van der Waals surface area contributed by atoms with Gasteiger partial charge in [0.2, 0.25) is 11.8 Å². The highest BCUT2D eigenvalue weighted by atomic mass is 35.5. The number of aromatic nitrogens is 1. The Bertz CT molecular complexity index is 1350. The Morgan fingerprint density at radius 1 is 1.20 bits per heavy atom. The molecule has 2 aromatic heterocycles. The molecule has 1 aliphatic carbocycles.